The van der Waals surface area contributed by atoms with Gasteiger partial charge in [-0.25, -0.2) is 0 Å². The van der Waals surface area contributed by atoms with Gasteiger partial charge in [-0.05, 0) is 37.0 Å². The Morgan fingerprint density at radius 2 is 2.08 bits per heavy atom. The van der Waals surface area contributed by atoms with Gasteiger partial charge in [-0.1, -0.05) is 12.2 Å². The van der Waals surface area contributed by atoms with E-state index in [4.69, 9.17) is 5.11 Å². The molecule has 2 heteroatoms. The average molecular weight is 168 g/mol. The molecular formula is C10H16O2. The molecule has 0 aromatic carbocycles. The molecule has 2 nitrogen and oxygen atoms in total. The van der Waals surface area contributed by atoms with Crippen molar-refractivity contribution >= 4 is 0 Å². The summed E-state index contributed by atoms with van der Waals surface area (Å²) in [5.74, 6) is 1.65. The first-order valence-corrected chi connectivity index (χ1v) is 4.71. The van der Waals surface area contributed by atoms with Crippen molar-refractivity contribution in [1.29, 1.82) is 0 Å². The second kappa shape index (κ2) is 2.86. The molecule has 1 fully saturated rings. The third kappa shape index (κ3) is 1.02. The van der Waals surface area contributed by atoms with E-state index in [-0.39, 0.29) is 12.7 Å². The smallest absolute Gasteiger partial charge is 0.0549 e. The van der Waals surface area contributed by atoms with E-state index in [1.807, 2.05) is 6.92 Å². The molecule has 0 aliphatic heterocycles. The zero-order valence-corrected chi connectivity index (χ0v) is 7.35. The molecule has 12 heavy (non-hydrogen) atoms. The molecule has 2 rings (SSSR count). The van der Waals surface area contributed by atoms with Crippen LogP contribution >= 0.6 is 0 Å². The van der Waals surface area contributed by atoms with E-state index in [0.717, 1.165) is 6.42 Å². The lowest BCUT2D eigenvalue weighted by atomic mass is 9.80. The van der Waals surface area contributed by atoms with Crippen LogP contribution in [0.15, 0.2) is 12.2 Å². The number of aliphatic hydroxyl groups excluding tert-OH is 2. The molecule has 0 heterocycles. The Kier molecular flexibility index (Phi) is 1.97. The predicted molar refractivity (Wildman–Crippen MR) is 46.5 cm³/mol. The van der Waals surface area contributed by atoms with Crippen molar-refractivity contribution in [3.05, 3.63) is 12.2 Å². The molecule has 2 aliphatic rings. The summed E-state index contributed by atoms with van der Waals surface area (Å²) in [5, 5.41) is 18.7. The monoisotopic (exact) mass is 168 g/mol. The maximum Gasteiger partial charge on any atom is 0.0549 e. The molecule has 2 bridgehead atoms. The van der Waals surface area contributed by atoms with Crippen LogP contribution in [-0.4, -0.2) is 22.9 Å². The average Bonchev–Trinajstić information content (AvgIpc) is 2.60. The maximum atomic E-state index is 9.53. The van der Waals surface area contributed by atoms with Crippen LogP contribution < -0.4 is 0 Å². The van der Waals surface area contributed by atoms with Crippen molar-refractivity contribution in [2.75, 3.05) is 6.61 Å². The Balaban J connectivity index is 2.17. The summed E-state index contributed by atoms with van der Waals surface area (Å²) in [6, 6.07) is 0. The second-order valence-corrected chi connectivity index (χ2v) is 4.11. The van der Waals surface area contributed by atoms with Crippen LogP contribution in [0.3, 0.4) is 0 Å². The lowest BCUT2D eigenvalue weighted by Crippen LogP contribution is -2.31. The third-order valence-electron chi connectivity index (χ3n) is 3.46. The van der Waals surface area contributed by atoms with Gasteiger partial charge < -0.3 is 10.2 Å². The summed E-state index contributed by atoms with van der Waals surface area (Å²) in [7, 11) is 0. The number of rotatable bonds is 2. The second-order valence-electron chi connectivity index (χ2n) is 4.11. The van der Waals surface area contributed by atoms with Crippen LogP contribution in [0, 0.1) is 23.7 Å². The maximum absolute atomic E-state index is 9.53. The molecule has 68 valence electrons. The molecule has 1 saturated carbocycles. The minimum absolute atomic E-state index is 0.223. The molecule has 0 unspecified atom stereocenters. The van der Waals surface area contributed by atoms with E-state index in [1.54, 1.807) is 0 Å². The van der Waals surface area contributed by atoms with Gasteiger partial charge in [0.2, 0.25) is 0 Å². The largest absolute Gasteiger partial charge is 0.396 e. The van der Waals surface area contributed by atoms with Gasteiger partial charge in [0, 0.05) is 6.61 Å². The molecule has 2 N–H and O–H groups in total. The first-order valence-electron chi connectivity index (χ1n) is 4.71. The Labute approximate surface area is 72.9 Å². The quantitative estimate of drug-likeness (QED) is 0.599. The van der Waals surface area contributed by atoms with Crippen LogP contribution in [0.2, 0.25) is 0 Å². The van der Waals surface area contributed by atoms with Crippen molar-refractivity contribution in [1.82, 2.24) is 0 Å². The molecule has 0 aromatic rings. The van der Waals surface area contributed by atoms with Crippen LogP contribution in [0.5, 0.6) is 0 Å². The molecule has 0 saturated heterocycles. The van der Waals surface area contributed by atoms with E-state index < -0.39 is 0 Å². The topological polar surface area (TPSA) is 40.5 Å². The van der Waals surface area contributed by atoms with Gasteiger partial charge in [-0.15, -0.1) is 0 Å². The highest BCUT2D eigenvalue weighted by atomic mass is 16.3. The summed E-state index contributed by atoms with van der Waals surface area (Å²) < 4.78 is 0. The van der Waals surface area contributed by atoms with E-state index >= 15 is 0 Å². The van der Waals surface area contributed by atoms with Crippen LogP contribution in [0.4, 0.5) is 0 Å². The number of fused-ring (bicyclic) bond motifs is 2. The molecule has 2 aliphatic carbocycles. The summed E-state index contributed by atoms with van der Waals surface area (Å²) in [4.78, 5) is 0. The van der Waals surface area contributed by atoms with E-state index in [2.05, 4.69) is 12.2 Å². The first kappa shape index (κ1) is 8.27. The fraction of sp³-hybridized carbons (Fsp3) is 0.800. The van der Waals surface area contributed by atoms with E-state index in [9.17, 15) is 5.11 Å². The number of hydrogen-bond donors (Lipinski definition) is 2. The Morgan fingerprint density at radius 3 is 2.58 bits per heavy atom. The molecule has 0 radical (unpaired) electrons. The zero-order valence-electron chi connectivity index (χ0n) is 7.35. The Hall–Kier alpha value is -0.340. The number of aliphatic hydroxyl groups is 2. The van der Waals surface area contributed by atoms with Crippen molar-refractivity contribution < 1.29 is 10.2 Å². The fourth-order valence-electron chi connectivity index (χ4n) is 2.94. The predicted octanol–water partition coefficient (Wildman–Crippen LogP) is 0.798. The van der Waals surface area contributed by atoms with E-state index in [1.165, 1.54) is 0 Å². The van der Waals surface area contributed by atoms with Crippen LogP contribution in [0.25, 0.3) is 0 Å². The Morgan fingerprint density at radius 1 is 1.42 bits per heavy atom. The highest BCUT2D eigenvalue weighted by molar-refractivity contribution is 5.14. The summed E-state index contributed by atoms with van der Waals surface area (Å²) in [6.45, 7) is 2.06. The highest BCUT2D eigenvalue weighted by Gasteiger charge is 2.45. The van der Waals surface area contributed by atoms with Gasteiger partial charge in [0.15, 0.2) is 0 Å². The fourth-order valence-corrected chi connectivity index (χ4v) is 2.94. The molecule has 0 spiro atoms. The van der Waals surface area contributed by atoms with Crippen molar-refractivity contribution in [2.24, 2.45) is 23.7 Å². The van der Waals surface area contributed by atoms with Crippen LogP contribution in [-0.2, 0) is 0 Å². The molecule has 0 aromatic heterocycles. The molecule has 5 atom stereocenters. The molecular weight excluding hydrogens is 152 g/mol. The highest BCUT2D eigenvalue weighted by Crippen LogP contribution is 2.48. The standard InChI is InChI=1S/C10H16O2/c1-6(12)10-8-3-2-7(4-8)9(10)5-11/h2-3,6-12H,4-5H2,1H3/t6-,7+,8-,9+,10-/m1/s1. The molecule has 0 amide bonds. The van der Waals surface area contributed by atoms with Crippen molar-refractivity contribution in [2.45, 2.75) is 19.4 Å². The SMILES string of the molecule is C[C@@H](O)[C@H]1[C@@H](CO)[C@H]2C=C[C@@H]1C2. The first-order chi connectivity index (χ1) is 5.74. The van der Waals surface area contributed by atoms with Gasteiger partial charge in [0.25, 0.3) is 0 Å². The minimum atomic E-state index is -0.276. The van der Waals surface area contributed by atoms with Gasteiger partial charge >= 0.3 is 0 Å². The summed E-state index contributed by atoms with van der Waals surface area (Å²) in [5.41, 5.74) is 0. The van der Waals surface area contributed by atoms with Crippen LogP contribution in [0.1, 0.15) is 13.3 Å². The van der Waals surface area contributed by atoms with Crippen molar-refractivity contribution in [3.8, 4) is 0 Å². The Bertz CT molecular complexity index is 198. The normalized spacial score (nSPS) is 46.9. The zero-order chi connectivity index (χ0) is 8.72. The lowest BCUT2D eigenvalue weighted by Gasteiger charge is -2.28. The minimum Gasteiger partial charge on any atom is -0.396 e. The van der Waals surface area contributed by atoms with Gasteiger partial charge in [-0.2, -0.15) is 0 Å². The summed E-state index contributed by atoms with van der Waals surface area (Å²) >= 11 is 0. The van der Waals surface area contributed by atoms with E-state index in [0.29, 0.717) is 23.7 Å². The lowest BCUT2D eigenvalue weighted by molar-refractivity contribution is 0.0537. The van der Waals surface area contributed by atoms with Crippen molar-refractivity contribution in [3.63, 3.8) is 0 Å². The number of hydrogen-bond acceptors (Lipinski definition) is 2. The summed E-state index contributed by atoms with van der Waals surface area (Å²) in [6.07, 6.45) is 5.27. The van der Waals surface area contributed by atoms with Gasteiger partial charge in [0.05, 0.1) is 6.10 Å². The third-order valence-corrected chi connectivity index (χ3v) is 3.46. The van der Waals surface area contributed by atoms with Gasteiger partial charge in [0.1, 0.15) is 0 Å². The van der Waals surface area contributed by atoms with Gasteiger partial charge in [-0.3, -0.25) is 0 Å². The number of allylic oxidation sites excluding steroid dienone is 2.